The minimum Gasteiger partial charge on any atom is -0.493 e. The van der Waals surface area contributed by atoms with Gasteiger partial charge in [-0.3, -0.25) is 9.59 Å². The van der Waals surface area contributed by atoms with Crippen LogP contribution in [-0.2, 0) is 6.42 Å². The molecule has 1 aliphatic rings. The Morgan fingerprint density at radius 3 is 2.24 bits per heavy atom. The van der Waals surface area contributed by atoms with Crippen molar-refractivity contribution in [3.63, 3.8) is 0 Å². The minimum absolute atomic E-state index is 0.0802. The third-order valence-corrected chi connectivity index (χ3v) is 7.38. The summed E-state index contributed by atoms with van der Waals surface area (Å²) in [6, 6.07) is 14.4. The summed E-state index contributed by atoms with van der Waals surface area (Å²) in [5.41, 5.74) is 4.04. The topological polar surface area (TPSA) is 87.4 Å². The van der Waals surface area contributed by atoms with Gasteiger partial charge in [0.25, 0.3) is 5.91 Å². The number of amides is 1. The lowest BCUT2D eigenvalue weighted by Crippen LogP contribution is -2.31. The van der Waals surface area contributed by atoms with Crippen LogP contribution in [-0.4, -0.2) is 44.8 Å². The lowest BCUT2D eigenvalue weighted by molar-refractivity contribution is 0.0729. The van der Waals surface area contributed by atoms with Crippen molar-refractivity contribution in [3.8, 4) is 23.0 Å². The molecular formula is C33H35NO7. The van der Waals surface area contributed by atoms with Crippen LogP contribution in [0.3, 0.4) is 0 Å². The van der Waals surface area contributed by atoms with E-state index in [0.717, 1.165) is 22.3 Å². The standard InChI is InChI=1S/C33H35NO7/c1-7-39-24-12-10-22(18-26(24)40-8-2)30-29-31(35)28-20(4)15-19(3)16-27(28)41-32(29)33(36)34(30)14-13-21-9-11-23(37-5)25(17-21)38-6/h9-12,15-18,30H,7-8,13-14H2,1-6H3. The SMILES string of the molecule is CCOc1ccc(C2c3c(oc4cc(C)cc(C)c4c3=O)C(=O)N2CCc2ccc(OC)c(OC)c2)cc1OCC. The zero-order chi connectivity index (χ0) is 29.3. The Balaban J connectivity index is 1.64. The fraction of sp³-hybridized carbons (Fsp3) is 0.333. The number of methoxy groups -OCH3 is 2. The van der Waals surface area contributed by atoms with Crippen LogP contribution in [0.25, 0.3) is 11.0 Å². The summed E-state index contributed by atoms with van der Waals surface area (Å²) in [6.45, 7) is 8.91. The number of rotatable bonds is 10. The molecule has 5 rings (SSSR count). The van der Waals surface area contributed by atoms with Gasteiger partial charge in [0.05, 0.1) is 44.4 Å². The van der Waals surface area contributed by atoms with E-state index in [1.807, 2.05) is 76.2 Å². The highest BCUT2D eigenvalue weighted by molar-refractivity contribution is 5.99. The van der Waals surface area contributed by atoms with E-state index < -0.39 is 6.04 Å². The Labute approximate surface area is 239 Å². The summed E-state index contributed by atoms with van der Waals surface area (Å²) in [7, 11) is 3.18. The fourth-order valence-electron chi connectivity index (χ4n) is 5.61. The molecule has 1 atom stereocenters. The molecule has 3 aromatic carbocycles. The molecule has 0 bridgehead atoms. The van der Waals surface area contributed by atoms with E-state index in [1.54, 1.807) is 19.1 Å². The van der Waals surface area contributed by atoms with Gasteiger partial charge in [-0.2, -0.15) is 0 Å². The molecule has 0 fully saturated rings. The number of benzene rings is 3. The Morgan fingerprint density at radius 1 is 0.829 bits per heavy atom. The zero-order valence-electron chi connectivity index (χ0n) is 24.3. The number of carbonyl (C=O) groups is 1. The van der Waals surface area contributed by atoms with Crippen LogP contribution >= 0.6 is 0 Å². The van der Waals surface area contributed by atoms with Crippen molar-refractivity contribution in [3.05, 3.63) is 92.3 Å². The molecule has 1 amide bonds. The van der Waals surface area contributed by atoms with Crippen LogP contribution in [0.5, 0.6) is 23.0 Å². The number of hydrogen-bond donors (Lipinski definition) is 0. The lowest BCUT2D eigenvalue weighted by Gasteiger charge is -2.26. The maximum absolute atomic E-state index is 14.1. The smallest absolute Gasteiger partial charge is 0.290 e. The van der Waals surface area contributed by atoms with Crippen LogP contribution in [0.4, 0.5) is 0 Å². The first kappa shape index (κ1) is 28.1. The van der Waals surface area contributed by atoms with Crippen molar-refractivity contribution >= 4 is 16.9 Å². The average Bonchev–Trinajstić information content (AvgIpc) is 3.23. The number of ether oxygens (including phenoxy) is 4. The van der Waals surface area contributed by atoms with Crippen LogP contribution in [0.2, 0.25) is 0 Å². The van der Waals surface area contributed by atoms with Crippen LogP contribution in [0.15, 0.2) is 57.7 Å². The average molecular weight is 558 g/mol. The quantitative estimate of drug-likeness (QED) is 0.236. The fourth-order valence-corrected chi connectivity index (χ4v) is 5.61. The van der Waals surface area contributed by atoms with Crippen molar-refractivity contribution < 1.29 is 28.2 Å². The molecule has 1 unspecified atom stereocenters. The van der Waals surface area contributed by atoms with Gasteiger partial charge in [-0.25, -0.2) is 0 Å². The van der Waals surface area contributed by atoms with Gasteiger partial charge in [0, 0.05) is 6.54 Å². The molecule has 1 aliphatic heterocycles. The highest BCUT2D eigenvalue weighted by Crippen LogP contribution is 2.41. The second kappa shape index (κ2) is 11.6. The van der Waals surface area contributed by atoms with Gasteiger partial charge in [0.1, 0.15) is 5.58 Å². The number of fused-ring (bicyclic) bond motifs is 2. The Bertz CT molecular complexity index is 1670. The highest BCUT2D eigenvalue weighted by Gasteiger charge is 2.43. The van der Waals surface area contributed by atoms with Crippen molar-refractivity contribution in [2.24, 2.45) is 0 Å². The molecular weight excluding hydrogens is 522 g/mol. The molecule has 0 aliphatic carbocycles. The molecule has 0 saturated carbocycles. The molecule has 8 heteroatoms. The van der Waals surface area contributed by atoms with Crippen molar-refractivity contribution in [1.29, 1.82) is 0 Å². The van der Waals surface area contributed by atoms with E-state index in [9.17, 15) is 9.59 Å². The van der Waals surface area contributed by atoms with Crippen molar-refractivity contribution in [1.82, 2.24) is 4.90 Å². The predicted molar refractivity (Wildman–Crippen MR) is 157 cm³/mol. The van der Waals surface area contributed by atoms with Gasteiger partial charge in [-0.1, -0.05) is 18.2 Å². The summed E-state index contributed by atoms with van der Waals surface area (Å²) in [4.78, 5) is 29.8. The maximum atomic E-state index is 14.1. The number of nitrogens with zero attached hydrogens (tertiary/aromatic N) is 1. The highest BCUT2D eigenvalue weighted by atomic mass is 16.5. The first-order chi connectivity index (χ1) is 19.8. The summed E-state index contributed by atoms with van der Waals surface area (Å²) in [5.74, 6) is 2.16. The number of aryl methyl sites for hydroxylation is 2. The molecule has 0 spiro atoms. The monoisotopic (exact) mass is 557 g/mol. The number of carbonyl (C=O) groups excluding carboxylic acids is 1. The van der Waals surface area contributed by atoms with E-state index in [2.05, 4.69) is 0 Å². The second-order valence-corrected chi connectivity index (χ2v) is 10.0. The molecule has 4 aromatic rings. The zero-order valence-corrected chi connectivity index (χ0v) is 24.3. The number of hydrogen-bond acceptors (Lipinski definition) is 7. The van der Waals surface area contributed by atoms with Crippen molar-refractivity contribution in [2.75, 3.05) is 34.0 Å². The van der Waals surface area contributed by atoms with Gasteiger partial charge in [-0.15, -0.1) is 0 Å². The lowest BCUT2D eigenvalue weighted by atomic mass is 9.96. The first-order valence-corrected chi connectivity index (χ1v) is 13.8. The van der Waals surface area contributed by atoms with Gasteiger partial charge in [-0.05, 0) is 86.7 Å². The summed E-state index contributed by atoms with van der Waals surface area (Å²) >= 11 is 0. The third kappa shape index (κ3) is 5.10. The van der Waals surface area contributed by atoms with Crippen molar-refractivity contribution in [2.45, 2.75) is 40.2 Å². The third-order valence-electron chi connectivity index (χ3n) is 7.38. The van der Waals surface area contributed by atoms with E-state index in [4.69, 9.17) is 23.4 Å². The van der Waals surface area contributed by atoms with E-state index >= 15 is 0 Å². The Morgan fingerprint density at radius 2 is 1.54 bits per heavy atom. The van der Waals surface area contributed by atoms with E-state index in [0.29, 0.717) is 65.7 Å². The summed E-state index contributed by atoms with van der Waals surface area (Å²) < 4.78 is 28.7. The molecule has 1 aromatic heterocycles. The molecule has 8 nitrogen and oxygen atoms in total. The molecule has 0 N–H and O–H groups in total. The predicted octanol–water partition coefficient (Wildman–Crippen LogP) is 6.01. The molecule has 0 radical (unpaired) electrons. The largest absolute Gasteiger partial charge is 0.493 e. The molecule has 2 heterocycles. The maximum Gasteiger partial charge on any atom is 0.290 e. The van der Waals surface area contributed by atoms with Gasteiger partial charge < -0.3 is 28.3 Å². The normalized spacial score (nSPS) is 14.3. The summed E-state index contributed by atoms with van der Waals surface area (Å²) in [5, 5.41) is 0.491. The molecule has 41 heavy (non-hydrogen) atoms. The van der Waals surface area contributed by atoms with Crippen LogP contribution in [0, 0.1) is 13.8 Å². The van der Waals surface area contributed by atoms with E-state index in [1.165, 1.54) is 0 Å². The van der Waals surface area contributed by atoms with Crippen LogP contribution < -0.4 is 24.4 Å². The minimum atomic E-state index is -0.658. The van der Waals surface area contributed by atoms with Crippen LogP contribution in [0.1, 0.15) is 58.3 Å². The Hall–Kier alpha value is -4.46. The first-order valence-electron chi connectivity index (χ1n) is 13.8. The second-order valence-electron chi connectivity index (χ2n) is 10.0. The molecule has 214 valence electrons. The Kier molecular flexibility index (Phi) is 7.92. The summed E-state index contributed by atoms with van der Waals surface area (Å²) in [6.07, 6.45) is 0.526. The van der Waals surface area contributed by atoms with E-state index in [-0.39, 0.29) is 17.1 Å². The molecule has 0 saturated heterocycles. The van der Waals surface area contributed by atoms with Gasteiger partial charge in [0.2, 0.25) is 5.76 Å². The van der Waals surface area contributed by atoms with Gasteiger partial charge in [0.15, 0.2) is 28.4 Å². The van der Waals surface area contributed by atoms with Gasteiger partial charge >= 0.3 is 0 Å².